The normalized spacial score (nSPS) is 10.7. The Kier molecular flexibility index (Phi) is 5.49. The first kappa shape index (κ1) is 18.1. The van der Waals surface area contributed by atoms with Crippen molar-refractivity contribution in [2.45, 2.75) is 0 Å². The summed E-state index contributed by atoms with van der Waals surface area (Å²) in [5.41, 5.74) is 0.442. The molecular formula is C18H20N4O3. The van der Waals surface area contributed by atoms with E-state index in [1.54, 1.807) is 63.6 Å². The third kappa shape index (κ3) is 4.41. The highest BCUT2D eigenvalue weighted by atomic mass is 16.2. The van der Waals surface area contributed by atoms with Gasteiger partial charge in [0.05, 0.1) is 5.69 Å². The third-order valence-electron chi connectivity index (χ3n) is 3.33. The molecule has 2 aromatic rings. The predicted octanol–water partition coefficient (Wildman–Crippen LogP) is 1.19. The van der Waals surface area contributed by atoms with Crippen molar-refractivity contribution in [3.05, 3.63) is 70.3 Å². The van der Waals surface area contributed by atoms with Crippen LogP contribution in [0.25, 0.3) is 5.69 Å². The minimum Gasteiger partial charge on any atom is -0.383 e. The first-order valence-electron chi connectivity index (χ1n) is 7.60. The Labute approximate surface area is 145 Å². The first-order chi connectivity index (χ1) is 11.8. The molecule has 1 aromatic heterocycles. The van der Waals surface area contributed by atoms with Gasteiger partial charge in [0.25, 0.3) is 5.91 Å². The van der Waals surface area contributed by atoms with Crippen LogP contribution in [-0.4, -0.2) is 59.5 Å². The maximum atomic E-state index is 12.2. The third-order valence-corrected chi connectivity index (χ3v) is 3.33. The quantitative estimate of drug-likeness (QED) is 0.604. The number of benzene rings is 1. The van der Waals surface area contributed by atoms with Gasteiger partial charge < -0.3 is 9.80 Å². The predicted molar refractivity (Wildman–Crippen MR) is 95.0 cm³/mol. The number of carbonyl (C=O) groups excluding carboxylic acids is 2. The first-order valence-corrected chi connectivity index (χ1v) is 7.60. The van der Waals surface area contributed by atoms with Gasteiger partial charge in [-0.25, -0.2) is 4.68 Å². The van der Waals surface area contributed by atoms with E-state index in [9.17, 15) is 14.4 Å². The Bertz CT molecular complexity index is 882. The van der Waals surface area contributed by atoms with Crippen LogP contribution in [0.4, 0.5) is 0 Å². The van der Waals surface area contributed by atoms with Crippen LogP contribution in [0.2, 0.25) is 0 Å². The molecule has 0 saturated heterocycles. The van der Waals surface area contributed by atoms with Crippen LogP contribution in [0.15, 0.2) is 53.6 Å². The lowest BCUT2D eigenvalue weighted by atomic mass is 10.2. The highest BCUT2D eigenvalue weighted by Gasteiger charge is 2.12. The molecule has 0 spiro atoms. The fraction of sp³-hybridized carbons (Fsp3) is 0.222. The zero-order chi connectivity index (χ0) is 18.6. The molecule has 0 saturated carbocycles. The summed E-state index contributed by atoms with van der Waals surface area (Å²) >= 11 is 0. The second-order valence-electron chi connectivity index (χ2n) is 5.87. The van der Waals surface area contributed by atoms with Gasteiger partial charge in [-0.2, -0.15) is 5.10 Å². The number of allylic oxidation sites excluding steroid dienone is 1. The van der Waals surface area contributed by atoms with Gasteiger partial charge in [0.15, 0.2) is 5.69 Å². The molecule has 0 bridgehead atoms. The van der Waals surface area contributed by atoms with E-state index in [1.165, 1.54) is 27.9 Å². The summed E-state index contributed by atoms with van der Waals surface area (Å²) < 4.78 is 1.41. The zero-order valence-electron chi connectivity index (χ0n) is 14.6. The van der Waals surface area contributed by atoms with Gasteiger partial charge in [-0.3, -0.25) is 14.4 Å². The minimum absolute atomic E-state index is 0.145. The lowest BCUT2D eigenvalue weighted by Crippen LogP contribution is -2.22. The molecule has 1 amide bonds. The SMILES string of the molecule is CN(C)C=CC(=O)c1nn(-c2cccc(C(=O)N(C)C)c2)ccc1=O. The summed E-state index contributed by atoms with van der Waals surface area (Å²) in [6.45, 7) is 0. The minimum atomic E-state index is -0.478. The number of carbonyl (C=O) groups is 2. The number of aromatic nitrogens is 2. The summed E-state index contributed by atoms with van der Waals surface area (Å²) in [6.07, 6.45) is 4.31. The van der Waals surface area contributed by atoms with E-state index in [-0.39, 0.29) is 11.6 Å². The molecule has 0 atom stereocenters. The molecule has 0 radical (unpaired) electrons. The van der Waals surface area contributed by atoms with Crippen LogP contribution in [0.1, 0.15) is 20.8 Å². The molecule has 7 heteroatoms. The van der Waals surface area contributed by atoms with Crippen molar-refractivity contribution < 1.29 is 9.59 Å². The molecule has 2 rings (SSSR count). The number of nitrogens with zero attached hydrogens (tertiary/aromatic N) is 4. The van der Waals surface area contributed by atoms with Crippen molar-refractivity contribution in [3.63, 3.8) is 0 Å². The van der Waals surface area contributed by atoms with Crippen LogP contribution in [0.3, 0.4) is 0 Å². The van der Waals surface area contributed by atoms with Gasteiger partial charge in [0, 0.05) is 58.3 Å². The Morgan fingerprint density at radius 2 is 1.84 bits per heavy atom. The maximum absolute atomic E-state index is 12.2. The van der Waals surface area contributed by atoms with E-state index in [0.29, 0.717) is 11.3 Å². The molecule has 0 aliphatic heterocycles. The van der Waals surface area contributed by atoms with Crippen LogP contribution in [0, 0.1) is 0 Å². The molecule has 0 unspecified atom stereocenters. The maximum Gasteiger partial charge on any atom is 0.253 e. The number of hydrogen-bond donors (Lipinski definition) is 0. The van der Waals surface area contributed by atoms with E-state index >= 15 is 0 Å². The lowest BCUT2D eigenvalue weighted by Gasteiger charge is -2.12. The number of ketones is 1. The molecule has 0 aliphatic rings. The topological polar surface area (TPSA) is 75.5 Å². The largest absolute Gasteiger partial charge is 0.383 e. The van der Waals surface area contributed by atoms with Crippen LogP contribution < -0.4 is 5.43 Å². The van der Waals surface area contributed by atoms with Gasteiger partial charge >= 0.3 is 0 Å². The van der Waals surface area contributed by atoms with E-state index in [4.69, 9.17) is 0 Å². The molecule has 0 aliphatic carbocycles. The summed E-state index contributed by atoms with van der Waals surface area (Å²) in [5.74, 6) is -0.623. The molecular weight excluding hydrogens is 320 g/mol. The van der Waals surface area contributed by atoms with Crippen molar-refractivity contribution in [2.75, 3.05) is 28.2 Å². The number of hydrogen-bond acceptors (Lipinski definition) is 5. The van der Waals surface area contributed by atoms with Crippen molar-refractivity contribution in [3.8, 4) is 5.69 Å². The average Bonchev–Trinajstić information content (AvgIpc) is 2.59. The van der Waals surface area contributed by atoms with Gasteiger partial charge in [-0.1, -0.05) is 6.07 Å². The lowest BCUT2D eigenvalue weighted by molar-refractivity contribution is 0.0827. The van der Waals surface area contributed by atoms with Crippen molar-refractivity contribution in [2.24, 2.45) is 0 Å². The second-order valence-corrected chi connectivity index (χ2v) is 5.87. The molecule has 0 N–H and O–H groups in total. The van der Waals surface area contributed by atoms with Crippen molar-refractivity contribution in [1.29, 1.82) is 0 Å². The monoisotopic (exact) mass is 340 g/mol. The van der Waals surface area contributed by atoms with Crippen molar-refractivity contribution in [1.82, 2.24) is 19.6 Å². The van der Waals surface area contributed by atoms with Crippen LogP contribution in [0.5, 0.6) is 0 Å². The van der Waals surface area contributed by atoms with E-state index in [0.717, 1.165) is 0 Å². The smallest absolute Gasteiger partial charge is 0.253 e. The molecule has 0 fully saturated rings. The van der Waals surface area contributed by atoms with Gasteiger partial charge in [0.1, 0.15) is 0 Å². The fourth-order valence-corrected chi connectivity index (χ4v) is 2.06. The van der Waals surface area contributed by atoms with Crippen LogP contribution in [-0.2, 0) is 0 Å². The van der Waals surface area contributed by atoms with E-state index < -0.39 is 11.2 Å². The van der Waals surface area contributed by atoms with E-state index in [1.807, 2.05) is 0 Å². The van der Waals surface area contributed by atoms with Gasteiger partial charge in [0.2, 0.25) is 11.2 Å². The Morgan fingerprint density at radius 3 is 2.48 bits per heavy atom. The van der Waals surface area contributed by atoms with Crippen LogP contribution >= 0.6 is 0 Å². The summed E-state index contributed by atoms with van der Waals surface area (Å²) in [4.78, 5) is 39.4. The van der Waals surface area contributed by atoms with E-state index in [2.05, 4.69) is 5.10 Å². The zero-order valence-corrected chi connectivity index (χ0v) is 14.6. The summed E-state index contributed by atoms with van der Waals surface area (Å²) in [6, 6.07) is 8.10. The summed E-state index contributed by atoms with van der Waals surface area (Å²) in [5, 5.41) is 4.13. The molecule has 1 heterocycles. The highest BCUT2D eigenvalue weighted by Crippen LogP contribution is 2.11. The van der Waals surface area contributed by atoms with Gasteiger partial charge in [-0.05, 0) is 18.2 Å². The Balaban J connectivity index is 2.43. The second kappa shape index (κ2) is 7.57. The molecule has 130 valence electrons. The summed E-state index contributed by atoms with van der Waals surface area (Å²) in [7, 11) is 6.88. The molecule has 7 nitrogen and oxygen atoms in total. The Morgan fingerprint density at radius 1 is 1.12 bits per heavy atom. The Hall–Kier alpha value is -3.22. The molecule has 1 aromatic carbocycles. The van der Waals surface area contributed by atoms with Gasteiger partial charge in [-0.15, -0.1) is 0 Å². The molecule has 25 heavy (non-hydrogen) atoms. The fourth-order valence-electron chi connectivity index (χ4n) is 2.06. The average molecular weight is 340 g/mol. The highest BCUT2D eigenvalue weighted by molar-refractivity contribution is 6.02. The standard InChI is InChI=1S/C18H20N4O3/c1-20(2)10-8-15(23)17-16(24)9-11-22(19-17)14-7-5-6-13(12-14)18(25)21(3)4/h5-12H,1-4H3. The number of amides is 1. The van der Waals surface area contributed by atoms with Crippen molar-refractivity contribution >= 4 is 11.7 Å². The number of rotatable bonds is 5.